The molecule has 2 N–H and O–H groups in total. The Labute approximate surface area is 164 Å². The standard InChI is InChI=1S/C20H28N2O6/c1-13-6-4-5-7-15(13)21-20(25)22-18(23)12-28-19(24)11-14-8-9-16(26-2)17(10-14)27-3/h8-10,13,15H,4-7,11-12H2,1-3H3,(H2,21,22,23,25)/t13-,15+/m1/s1. The van der Waals surface area contributed by atoms with E-state index >= 15 is 0 Å². The first-order valence-corrected chi connectivity index (χ1v) is 9.39. The Bertz CT molecular complexity index is 706. The third kappa shape index (κ3) is 6.44. The highest BCUT2D eigenvalue weighted by molar-refractivity contribution is 5.95. The fourth-order valence-electron chi connectivity index (χ4n) is 3.25. The third-order valence-electron chi connectivity index (χ3n) is 4.84. The summed E-state index contributed by atoms with van der Waals surface area (Å²) in [5.41, 5.74) is 0.659. The molecule has 154 valence electrons. The topological polar surface area (TPSA) is 103 Å². The molecule has 1 aliphatic rings. The van der Waals surface area contributed by atoms with E-state index in [9.17, 15) is 14.4 Å². The summed E-state index contributed by atoms with van der Waals surface area (Å²) in [5, 5.41) is 5.01. The van der Waals surface area contributed by atoms with E-state index in [2.05, 4.69) is 17.6 Å². The second-order valence-electron chi connectivity index (χ2n) is 6.92. The molecule has 0 heterocycles. The van der Waals surface area contributed by atoms with E-state index in [1.807, 2.05) is 0 Å². The summed E-state index contributed by atoms with van der Waals surface area (Å²) in [6.07, 6.45) is 4.17. The van der Waals surface area contributed by atoms with Crippen LogP contribution in [0.15, 0.2) is 18.2 Å². The molecule has 0 saturated heterocycles. The van der Waals surface area contributed by atoms with E-state index in [4.69, 9.17) is 14.2 Å². The summed E-state index contributed by atoms with van der Waals surface area (Å²) >= 11 is 0. The van der Waals surface area contributed by atoms with E-state index in [0.717, 1.165) is 25.7 Å². The van der Waals surface area contributed by atoms with Gasteiger partial charge in [0.2, 0.25) is 0 Å². The van der Waals surface area contributed by atoms with E-state index in [1.54, 1.807) is 18.2 Å². The van der Waals surface area contributed by atoms with Gasteiger partial charge in [-0.3, -0.25) is 14.9 Å². The predicted molar refractivity (Wildman–Crippen MR) is 102 cm³/mol. The minimum atomic E-state index is -0.665. The van der Waals surface area contributed by atoms with Crippen molar-refractivity contribution >= 4 is 17.9 Å². The van der Waals surface area contributed by atoms with E-state index < -0.39 is 24.5 Å². The van der Waals surface area contributed by atoms with Gasteiger partial charge in [-0.1, -0.05) is 25.8 Å². The number of methoxy groups -OCH3 is 2. The molecule has 3 amide bonds. The Kier molecular flexibility index (Phi) is 8.10. The van der Waals surface area contributed by atoms with Crippen LogP contribution in [0, 0.1) is 5.92 Å². The number of hydrogen-bond donors (Lipinski definition) is 2. The molecule has 1 fully saturated rings. The van der Waals surface area contributed by atoms with Crippen molar-refractivity contribution in [3.8, 4) is 11.5 Å². The average Bonchev–Trinajstić information content (AvgIpc) is 2.68. The second-order valence-corrected chi connectivity index (χ2v) is 6.92. The Morgan fingerprint density at radius 2 is 1.79 bits per heavy atom. The van der Waals surface area contributed by atoms with Gasteiger partial charge in [0.1, 0.15) is 0 Å². The van der Waals surface area contributed by atoms with Gasteiger partial charge < -0.3 is 19.5 Å². The molecule has 0 aliphatic heterocycles. The Balaban J connectivity index is 1.74. The lowest BCUT2D eigenvalue weighted by molar-refractivity contribution is -0.147. The fourth-order valence-corrected chi connectivity index (χ4v) is 3.25. The summed E-state index contributed by atoms with van der Waals surface area (Å²) in [5.74, 6) is 0.190. The smallest absolute Gasteiger partial charge is 0.321 e. The van der Waals surface area contributed by atoms with E-state index in [0.29, 0.717) is 23.0 Å². The number of esters is 1. The fraction of sp³-hybridized carbons (Fsp3) is 0.550. The quantitative estimate of drug-likeness (QED) is 0.690. The van der Waals surface area contributed by atoms with Crippen LogP contribution in [0.25, 0.3) is 0 Å². The van der Waals surface area contributed by atoms with Crippen molar-refractivity contribution < 1.29 is 28.6 Å². The van der Waals surface area contributed by atoms with Crippen molar-refractivity contribution in [1.29, 1.82) is 0 Å². The Morgan fingerprint density at radius 3 is 2.46 bits per heavy atom. The molecule has 0 aromatic heterocycles. The number of nitrogens with one attached hydrogen (secondary N) is 2. The first-order valence-electron chi connectivity index (χ1n) is 9.39. The highest BCUT2D eigenvalue weighted by Gasteiger charge is 2.23. The molecule has 0 spiro atoms. The van der Waals surface area contributed by atoms with Crippen molar-refractivity contribution in [2.24, 2.45) is 5.92 Å². The van der Waals surface area contributed by atoms with Crippen molar-refractivity contribution in [3.05, 3.63) is 23.8 Å². The zero-order chi connectivity index (χ0) is 20.5. The van der Waals surface area contributed by atoms with E-state index in [1.165, 1.54) is 14.2 Å². The summed E-state index contributed by atoms with van der Waals surface area (Å²) in [4.78, 5) is 35.7. The highest BCUT2D eigenvalue weighted by atomic mass is 16.5. The molecular weight excluding hydrogens is 364 g/mol. The molecule has 28 heavy (non-hydrogen) atoms. The molecule has 0 radical (unpaired) electrons. The number of urea groups is 1. The first kappa shape index (κ1) is 21.5. The minimum absolute atomic E-state index is 0.0284. The van der Waals surface area contributed by atoms with Crippen LogP contribution in [0.5, 0.6) is 11.5 Å². The van der Waals surface area contributed by atoms with Gasteiger partial charge in [-0.25, -0.2) is 4.79 Å². The number of amides is 3. The summed E-state index contributed by atoms with van der Waals surface area (Å²) < 4.78 is 15.3. The molecule has 8 heteroatoms. The third-order valence-corrected chi connectivity index (χ3v) is 4.84. The normalized spacial score (nSPS) is 18.7. The van der Waals surface area contributed by atoms with Gasteiger partial charge in [0.25, 0.3) is 5.91 Å². The largest absolute Gasteiger partial charge is 0.493 e. The van der Waals surface area contributed by atoms with Crippen LogP contribution in [0.1, 0.15) is 38.2 Å². The maximum atomic E-state index is 11.9. The number of hydrogen-bond acceptors (Lipinski definition) is 6. The molecule has 0 bridgehead atoms. The van der Waals surface area contributed by atoms with E-state index in [-0.39, 0.29) is 12.5 Å². The zero-order valence-electron chi connectivity index (χ0n) is 16.6. The first-order chi connectivity index (χ1) is 13.4. The van der Waals surface area contributed by atoms with Gasteiger partial charge in [0, 0.05) is 6.04 Å². The van der Waals surface area contributed by atoms with Crippen LogP contribution in [0.2, 0.25) is 0 Å². The van der Waals surface area contributed by atoms with Gasteiger partial charge in [-0.2, -0.15) is 0 Å². The molecule has 1 aromatic rings. The highest BCUT2D eigenvalue weighted by Crippen LogP contribution is 2.27. The Morgan fingerprint density at radius 1 is 1.07 bits per heavy atom. The number of ether oxygens (including phenoxy) is 3. The molecule has 2 atom stereocenters. The van der Waals surface area contributed by atoms with Gasteiger partial charge >= 0.3 is 12.0 Å². The molecule has 1 aliphatic carbocycles. The van der Waals surface area contributed by atoms with Crippen LogP contribution >= 0.6 is 0 Å². The van der Waals surface area contributed by atoms with Gasteiger partial charge in [0.05, 0.1) is 20.6 Å². The van der Waals surface area contributed by atoms with Crippen molar-refractivity contribution in [2.75, 3.05) is 20.8 Å². The van der Waals surface area contributed by atoms with Crippen molar-refractivity contribution in [1.82, 2.24) is 10.6 Å². The van der Waals surface area contributed by atoms with Crippen LogP contribution < -0.4 is 20.1 Å². The number of carbonyl (C=O) groups is 3. The van der Waals surface area contributed by atoms with Crippen LogP contribution in [-0.2, 0) is 20.7 Å². The number of benzene rings is 1. The summed E-state index contributed by atoms with van der Waals surface area (Å²) in [6, 6.07) is 4.57. The van der Waals surface area contributed by atoms with Gasteiger partial charge in [0.15, 0.2) is 18.1 Å². The summed E-state index contributed by atoms with van der Waals surface area (Å²) in [6.45, 7) is 1.57. The zero-order valence-corrected chi connectivity index (χ0v) is 16.6. The maximum absolute atomic E-state index is 11.9. The lowest BCUT2D eigenvalue weighted by Gasteiger charge is -2.29. The number of imide groups is 1. The average molecular weight is 392 g/mol. The van der Waals surface area contributed by atoms with Gasteiger partial charge in [-0.15, -0.1) is 0 Å². The molecule has 1 aromatic carbocycles. The summed E-state index contributed by atoms with van der Waals surface area (Å²) in [7, 11) is 3.03. The van der Waals surface area contributed by atoms with Crippen molar-refractivity contribution in [2.45, 2.75) is 45.1 Å². The molecule has 8 nitrogen and oxygen atoms in total. The minimum Gasteiger partial charge on any atom is -0.493 e. The molecule has 0 unspecified atom stereocenters. The monoisotopic (exact) mass is 392 g/mol. The lowest BCUT2D eigenvalue weighted by Crippen LogP contribution is -2.48. The number of carbonyl (C=O) groups excluding carboxylic acids is 3. The van der Waals surface area contributed by atoms with Crippen molar-refractivity contribution in [3.63, 3.8) is 0 Å². The van der Waals surface area contributed by atoms with Crippen LogP contribution in [0.3, 0.4) is 0 Å². The second kappa shape index (κ2) is 10.5. The number of rotatable bonds is 7. The molecular formula is C20H28N2O6. The lowest BCUT2D eigenvalue weighted by atomic mass is 9.86. The Hall–Kier alpha value is -2.77. The SMILES string of the molecule is COc1ccc(CC(=O)OCC(=O)NC(=O)N[C@H]2CCCC[C@H]2C)cc1OC. The molecule has 1 saturated carbocycles. The maximum Gasteiger partial charge on any atom is 0.321 e. The molecule has 2 rings (SSSR count). The predicted octanol–water partition coefficient (Wildman–Crippen LogP) is 2.19. The van der Waals surface area contributed by atoms with Crippen LogP contribution in [0.4, 0.5) is 4.79 Å². The van der Waals surface area contributed by atoms with Gasteiger partial charge in [-0.05, 0) is 36.5 Å². The van der Waals surface area contributed by atoms with Crippen LogP contribution in [-0.4, -0.2) is 44.8 Å².